The fourth-order valence-corrected chi connectivity index (χ4v) is 2.16. The van der Waals surface area contributed by atoms with Gasteiger partial charge in [-0.25, -0.2) is 0 Å². The summed E-state index contributed by atoms with van der Waals surface area (Å²) in [4.78, 5) is 0. The smallest absolute Gasteiger partial charge is 0.388 e. The standard InChI is InChI=1S/C13H16BrF3O2/c1-8(5-6-19-2)12(18)10-4-3-9(14)7-11(10)13(15,16)17/h3-4,7-8,12,18H,5-6H2,1-2H3. The van der Waals surface area contributed by atoms with Crippen LogP contribution in [0.15, 0.2) is 22.7 Å². The van der Waals surface area contributed by atoms with E-state index < -0.39 is 17.8 Å². The molecule has 2 unspecified atom stereocenters. The van der Waals surface area contributed by atoms with Crippen LogP contribution in [0.5, 0.6) is 0 Å². The topological polar surface area (TPSA) is 29.5 Å². The molecule has 0 fully saturated rings. The zero-order valence-corrected chi connectivity index (χ0v) is 12.3. The summed E-state index contributed by atoms with van der Waals surface area (Å²) >= 11 is 3.02. The van der Waals surface area contributed by atoms with Gasteiger partial charge in [0.15, 0.2) is 0 Å². The molecule has 0 aromatic heterocycles. The van der Waals surface area contributed by atoms with Crippen LogP contribution in [0.3, 0.4) is 0 Å². The Morgan fingerprint density at radius 3 is 2.53 bits per heavy atom. The summed E-state index contributed by atoms with van der Waals surface area (Å²) in [5.41, 5.74) is -0.905. The van der Waals surface area contributed by atoms with Crippen molar-refractivity contribution in [2.24, 2.45) is 5.92 Å². The summed E-state index contributed by atoms with van der Waals surface area (Å²) in [5, 5.41) is 10.1. The maximum atomic E-state index is 12.9. The van der Waals surface area contributed by atoms with Crippen molar-refractivity contribution in [3.05, 3.63) is 33.8 Å². The summed E-state index contributed by atoms with van der Waals surface area (Å²) in [6, 6.07) is 3.79. The zero-order chi connectivity index (χ0) is 14.6. The normalized spacial score (nSPS) is 15.3. The third-order valence-corrected chi connectivity index (χ3v) is 3.45. The third kappa shape index (κ3) is 4.47. The Kier molecular flexibility index (Phi) is 5.82. The lowest BCUT2D eigenvalue weighted by Gasteiger charge is -2.22. The first kappa shape index (κ1) is 16.5. The molecule has 19 heavy (non-hydrogen) atoms. The second-order valence-electron chi connectivity index (χ2n) is 4.43. The fraction of sp³-hybridized carbons (Fsp3) is 0.538. The molecule has 1 N–H and O–H groups in total. The molecule has 1 aromatic carbocycles. The highest BCUT2D eigenvalue weighted by Crippen LogP contribution is 2.38. The van der Waals surface area contributed by atoms with Crippen LogP contribution in [0.25, 0.3) is 0 Å². The van der Waals surface area contributed by atoms with Gasteiger partial charge in [-0.05, 0) is 30.0 Å². The van der Waals surface area contributed by atoms with Crippen molar-refractivity contribution in [2.45, 2.75) is 25.6 Å². The van der Waals surface area contributed by atoms with Gasteiger partial charge in [0.25, 0.3) is 0 Å². The van der Waals surface area contributed by atoms with E-state index >= 15 is 0 Å². The first-order chi connectivity index (χ1) is 8.77. The van der Waals surface area contributed by atoms with Gasteiger partial charge in [0.1, 0.15) is 0 Å². The van der Waals surface area contributed by atoms with Crippen LogP contribution in [0.2, 0.25) is 0 Å². The van der Waals surface area contributed by atoms with Crippen molar-refractivity contribution < 1.29 is 23.0 Å². The molecular formula is C13H16BrF3O2. The third-order valence-electron chi connectivity index (χ3n) is 2.96. The van der Waals surface area contributed by atoms with Crippen molar-refractivity contribution in [3.63, 3.8) is 0 Å². The molecule has 2 nitrogen and oxygen atoms in total. The molecule has 0 aliphatic rings. The molecule has 0 radical (unpaired) electrons. The highest BCUT2D eigenvalue weighted by Gasteiger charge is 2.36. The second kappa shape index (κ2) is 6.72. The van der Waals surface area contributed by atoms with E-state index in [1.807, 2.05) is 0 Å². The average Bonchev–Trinajstić information content (AvgIpc) is 2.34. The van der Waals surface area contributed by atoms with E-state index in [1.165, 1.54) is 19.2 Å². The van der Waals surface area contributed by atoms with E-state index in [0.717, 1.165) is 6.07 Å². The molecule has 0 amide bonds. The van der Waals surface area contributed by atoms with Gasteiger partial charge in [0.2, 0.25) is 0 Å². The molecule has 0 spiro atoms. The molecule has 0 saturated carbocycles. The molecular weight excluding hydrogens is 325 g/mol. The Hall–Kier alpha value is -0.590. The van der Waals surface area contributed by atoms with Gasteiger partial charge in [-0.15, -0.1) is 0 Å². The number of hydrogen-bond donors (Lipinski definition) is 1. The molecule has 0 saturated heterocycles. The van der Waals surface area contributed by atoms with Crippen LogP contribution in [0.4, 0.5) is 13.2 Å². The number of benzene rings is 1. The Balaban J connectivity index is 3.05. The maximum absolute atomic E-state index is 12.9. The number of halogens is 4. The van der Waals surface area contributed by atoms with Crippen LogP contribution < -0.4 is 0 Å². The van der Waals surface area contributed by atoms with Gasteiger partial charge in [0, 0.05) is 18.2 Å². The van der Waals surface area contributed by atoms with Crippen molar-refractivity contribution in [1.82, 2.24) is 0 Å². The zero-order valence-electron chi connectivity index (χ0n) is 10.7. The van der Waals surface area contributed by atoms with Crippen molar-refractivity contribution in [2.75, 3.05) is 13.7 Å². The lowest BCUT2D eigenvalue weighted by molar-refractivity contribution is -0.139. The minimum Gasteiger partial charge on any atom is -0.388 e. The van der Waals surface area contributed by atoms with Crippen molar-refractivity contribution in [1.29, 1.82) is 0 Å². The first-order valence-corrected chi connectivity index (χ1v) is 6.60. The number of hydrogen-bond acceptors (Lipinski definition) is 2. The predicted molar refractivity (Wildman–Crippen MR) is 69.8 cm³/mol. The molecule has 0 bridgehead atoms. The average molecular weight is 341 g/mol. The van der Waals surface area contributed by atoms with E-state index in [9.17, 15) is 18.3 Å². The number of ether oxygens (including phenoxy) is 1. The van der Waals surface area contributed by atoms with E-state index in [2.05, 4.69) is 15.9 Å². The van der Waals surface area contributed by atoms with Crippen LogP contribution >= 0.6 is 15.9 Å². The number of methoxy groups -OCH3 is 1. The van der Waals surface area contributed by atoms with E-state index in [1.54, 1.807) is 6.92 Å². The van der Waals surface area contributed by atoms with Gasteiger partial charge in [-0.2, -0.15) is 13.2 Å². The van der Waals surface area contributed by atoms with Gasteiger partial charge >= 0.3 is 6.18 Å². The maximum Gasteiger partial charge on any atom is 0.416 e. The predicted octanol–water partition coefficient (Wildman–Crippen LogP) is 4.17. The van der Waals surface area contributed by atoms with E-state index in [4.69, 9.17) is 4.74 Å². The minimum absolute atomic E-state index is 0.0979. The summed E-state index contributed by atoms with van der Waals surface area (Å²) < 4.78 is 44.1. The summed E-state index contributed by atoms with van der Waals surface area (Å²) in [6.07, 6.45) is -5.16. The van der Waals surface area contributed by atoms with Crippen molar-refractivity contribution >= 4 is 15.9 Å². The minimum atomic E-state index is -4.49. The lowest BCUT2D eigenvalue weighted by atomic mass is 9.91. The molecule has 0 aliphatic carbocycles. The molecule has 0 aliphatic heterocycles. The van der Waals surface area contributed by atoms with Crippen LogP contribution in [0, 0.1) is 5.92 Å². The Morgan fingerprint density at radius 1 is 1.37 bits per heavy atom. The quantitative estimate of drug-likeness (QED) is 0.871. The highest BCUT2D eigenvalue weighted by atomic mass is 79.9. The van der Waals surface area contributed by atoms with Crippen molar-refractivity contribution in [3.8, 4) is 0 Å². The molecule has 1 rings (SSSR count). The fourth-order valence-electron chi connectivity index (χ4n) is 1.80. The van der Waals surface area contributed by atoms with Crippen LogP contribution in [-0.4, -0.2) is 18.8 Å². The molecule has 6 heteroatoms. The SMILES string of the molecule is COCCC(C)C(O)c1ccc(Br)cc1C(F)(F)F. The molecule has 108 valence electrons. The Labute approximate surface area is 118 Å². The number of aliphatic hydroxyl groups is 1. The summed E-state index contributed by atoms with van der Waals surface area (Å²) in [6.45, 7) is 2.10. The first-order valence-electron chi connectivity index (χ1n) is 5.81. The van der Waals surface area contributed by atoms with Crippen LogP contribution in [-0.2, 0) is 10.9 Å². The number of rotatable bonds is 5. The summed E-state index contributed by atoms with van der Waals surface area (Å²) in [7, 11) is 1.51. The largest absolute Gasteiger partial charge is 0.416 e. The van der Waals surface area contributed by atoms with Gasteiger partial charge < -0.3 is 9.84 Å². The highest BCUT2D eigenvalue weighted by molar-refractivity contribution is 9.10. The second-order valence-corrected chi connectivity index (χ2v) is 5.35. The monoisotopic (exact) mass is 340 g/mol. The number of alkyl halides is 3. The van der Waals surface area contributed by atoms with E-state index in [-0.39, 0.29) is 11.5 Å². The van der Waals surface area contributed by atoms with Gasteiger partial charge in [-0.1, -0.05) is 28.9 Å². The lowest BCUT2D eigenvalue weighted by Crippen LogP contribution is -2.17. The van der Waals surface area contributed by atoms with Crippen LogP contribution in [0.1, 0.15) is 30.6 Å². The molecule has 2 atom stereocenters. The molecule has 0 heterocycles. The number of aliphatic hydroxyl groups excluding tert-OH is 1. The summed E-state index contributed by atoms with van der Waals surface area (Å²) in [5.74, 6) is -0.317. The Bertz CT molecular complexity index is 421. The Morgan fingerprint density at radius 2 is 2.00 bits per heavy atom. The van der Waals surface area contributed by atoms with Gasteiger partial charge in [0.05, 0.1) is 11.7 Å². The molecule has 1 aromatic rings. The van der Waals surface area contributed by atoms with E-state index in [0.29, 0.717) is 17.5 Å². The van der Waals surface area contributed by atoms with Gasteiger partial charge in [-0.3, -0.25) is 0 Å².